The topological polar surface area (TPSA) is 70.6 Å². The van der Waals surface area contributed by atoms with Crippen LogP contribution in [0.4, 0.5) is 10.1 Å². The molecule has 0 spiro atoms. The van der Waals surface area contributed by atoms with Gasteiger partial charge >= 0.3 is 0 Å². The second-order valence-electron chi connectivity index (χ2n) is 5.66. The lowest BCUT2D eigenvalue weighted by Gasteiger charge is -2.06. The Balaban J connectivity index is 1.63. The molecule has 27 heavy (non-hydrogen) atoms. The lowest BCUT2D eigenvalue weighted by Crippen LogP contribution is -2.19. The molecule has 0 fully saturated rings. The van der Waals surface area contributed by atoms with Crippen molar-refractivity contribution in [3.8, 4) is 0 Å². The van der Waals surface area contributed by atoms with Gasteiger partial charge in [0.25, 0.3) is 11.8 Å². The molecule has 0 radical (unpaired) electrons. The SMILES string of the molecule is CC(=NNC(=O)c1cccc(F)c1)c1ccc(NC(=O)c2cccs2)cc1. The number of amides is 2. The average molecular weight is 381 g/mol. The summed E-state index contributed by atoms with van der Waals surface area (Å²) in [5.41, 5.74) is 4.62. The first-order valence-corrected chi connectivity index (χ1v) is 8.96. The molecule has 0 bridgehead atoms. The third kappa shape index (κ3) is 4.86. The van der Waals surface area contributed by atoms with E-state index in [1.807, 2.05) is 11.4 Å². The Morgan fingerprint density at radius 2 is 1.74 bits per heavy atom. The van der Waals surface area contributed by atoms with E-state index in [0.29, 0.717) is 16.3 Å². The minimum Gasteiger partial charge on any atom is -0.321 e. The van der Waals surface area contributed by atoms with Crippen molar-refractivity contribution in [1.29, 1.82) is 0 Å². The first kappa shape index (κ1) is 18.5. The fourth-order valence-corrected chi connectivity index (χ4v) is 2.91. The Bertz CT molecular complexity index is 983. The third-order valence-electron chi connectivity index (χ3n) is 3.72. The van der Waals surface area contributed by atoms with Crippen LogP contribution in [-0.2, 0) is 0 Å². The molecule has 0 saturated carbocycles. The molecule has 0 saturated heterocycles. The van der Waals surface area contributed by atoms with Gasteiger partial charge in [-0.15, -0.1) is 11.3 Å². The molecule has 2 N–H and O–H groups in total. The maximum atomic E-state index is 13.2. The number of thiophene rings is 1. The molecule has 1 heterocycles. The molecule has 2 aromatic carbocycles. The number of rotatable bonds is 5. The number of halogens is 1. The van der Waals surface area contributed by atoms with E-state index in [1.165, 1.54) is 29.5 Å². The van der Waals surface area contributed by atoms with Crippen molar-refractivity contribution in [3.05, 3.63) is 87.9 Å². The maximum Gasteiger partial charge on any atom is 0.271 e. The summed E-state index contributed by atoms with van der Waals surface area (Å²) in [6, 6.07) is 16.1. The molecule has 136 valence electrons. The summed E-state index contributed by atoms with van der Waals surface area (Å²) in [7, 11) is 0. The van der Waals surface area contributed by atoms with E-state index in [9.17, 15) is 14.0 Å². The fraction of sp³-hybridized carbons (Fsp3) is 0.0500. The summed E-state index contributed by atoms with van der Waals surface area (Å²) in [5, 5.41) is 8.70. The molecule has 2 amide bonds. The molecular weight excluding hydrogens is 365 g/mol. The van der Waals surface area contributed by atoms with E-state index < -0.39 is 11.7 Å². The van der Waals surface area contributed by atoms with Crippen molar-refractivity contribution >= 4 is 34.6 Å². The lowest BCUT2D eigenvalue weighted by molar-refractivity contribution is 0.0953. The number of nitrogens with zero attached hydrogens (tertiary/aromatic N) is 1. The summed E-state index contributed by atoms with van der Waals surface area (Å²) in [6.07, 6.45) is 0. The largest absolute Gasteiger partial charge is 0.321 e. The first-order valence-electron chi connectivity index (χ1n) is 8.08. The number of benzene rings is 2. The predicted octanol–water partition coefficient (Wildman–Crippen LogP) is 4.29. The number of carbonyl (C=O) groups is 2. The quantitative estimate of drug-likeness (QED) is 0.511. The van der Waals surface area contributed by atoms with Gasteiger partial charge in [-0.2, -0.15) is 5.10 Å². The van der Waals surface area contributed by atoms with E-state index in [-0.39, 0.29) is 11.5 Å². The van der Waals surface area contributed by atoms with Gasteiger partial charge in [0.2, 0.25) is 0 Å². The maximum absolute atomic E-state index is 13.2. The van der Waals surface area contributed by atoms with Gasteiger partial charge in [-0.05, 0) is 54.3 Å². The van der Waals surface area contributed by atoms with E-state index >= 15 is 0 Å². The molecule has 5 nitrogen and oxygen atoms in total. The molecule has 0 aliphatic heterocycles. The van der Waals surface area contributed by atoms with Crippen molar-refractivity contribution in [3.63, 3.8) is 0 Å². The molecule has 7 heteroatoms. The highest BCUT2D eigenvalue weighted by Gasteiger charge is 2.08. The minimum absolute atomic E-state index is 0.162. The van der Waals surface area contributed by atoms with Crippen molar-refractivity contribution in [2.45, 2.75) is 6.92 Å². The second kappa shape index (κ2) is 8.37. The number of nitrogens with one attached hydrogen (secondary N) is 2. The molecule has 0 atom stereocenters. The van der Waals surface area contributed by atoms with Crippen LogP contribution in [0.25, 0.3) is 0 Å². The third-order valence-corrected chi connectivity index (χ3v) is 4.59. The van der Waals surface area contributed by atoms with Gasteiger partial charge in [0.1, 0.15) is 5.82 Å². The lowest BCUT2D eigenvalue weighted by atomic mass is 10.1. The van der Waals surface area contributed by atoms with Crippen LogP contribution in [0, 0.1) is 5.82 Å². The van der Waals surface area contributed by atoms with Gasteiger partial charge in [-0.3, -0.25) is 9.59 Å². The molecule has 3 aromatic rings. The monoisotopic (exact) mass is 381 g/mol. The van der Waals surface area contributed by atoms with Gasteiger partial charge < -0.3 is 5.32 Å². The summed E-state index contributed by atoms with van der Waals surface area (Å²) >= 11 is 1.37. The van der Waals surface area contributed by atoms with Crippen LogP contribution < -0.4 is 10.7 Å². The van der Waals surface area contributed by atoms with Crippen molar-refractivity contribution in [1.82, 2.24) is 5.43 Å². The zero-order valence-electron chi connectivity index (χ0n) is 14.4. The smallest absolute Gasteiger partial charge is 0.271 e. The fourth-order valence-electron chi connectivity index (χ4n) is 2.29. The number of hydrazone groups is 1. The molecule has 1 aromatic heterocycles. The van der Waals surface area contributed by atoms with Crippen LogP contribution in [0.2, 0.25) is 0 Å². The highest BCUT2D eigenvalue weighted by Crippen LogP contribution is 2.14. The summed E-state index contributed by atoms with van der Waals surface area (Å²) in [6.45, 7) is 1.74. The second-order valence-corrected chi connectivity index (χ2v) is 6.60. The molecule has 3 rings (SSSR count). The van der Waals surface area contributed by atoms with Crippen LogP contribution >= 0.6 is 11.3 Å². The Labute approximate surface area is 159 Å². The van der Waals surface area contributed by atoms with Crippen LogP contribution in [-0.4, -0.2) is 17.5 Å². The normalized spacial score (nSPS) is 11.1. The number of carbonyl (C=O) groups excluding carboxylic acids is 2. The van der Waals surface area contributed by atoms with Gasteiger partial charge in [-0.1, -0.05) is 24.3 Å². The van der Waals surface area contributed by atoms with Crippen LogP contribution in [0.3, 0.4) is 0 Å². The van der Waals surface area contributed by atoms with Crippen molar-refractivity contribution in [2.75, 3.05) is 5.32 Å². The van der Waals surface area contributed by atoms with Gasteiger partial charge in [0, 0.05) is 11.3 Å². The van der Waals surface area contributed by atoms with E-state index in [1.54, 1.807) is 37.3 Å². The molecular formula is C20H16FN3O2S. The van der Waals surface area contributed by atoms with Gasteiger partial charge in [0.15, 0.2) is 0 Å². The average Bonchev–Trinajstić information content (AvgIpc) is 3.21. The molecule has 0 unspecified atom stereocenters. The van der Waals surface area contributed by atoms with Crippen LogP contribution in [0.15, 0.2) is 71.1 Å². The van der Waals surface area contributed by atoms with Gasteiger partial charge in [-0.25, -0.2) is 9.82 Å². The highest BCUT2D eigenvalue weighted by atomic mass is 32.1. The number of anilines is 1. The molecule has 0 aliphatic rings. The predicted molar refractivity (Wildman–Crippen MR) is 105 cm³/mol. The van der Waals surface area contributed by atoms with Crippen LogP contribution in [0.5, 0.6) is 0 Å². The Morgan fingerprint density at radius 3 is 2.41 bits per heavy atom. The zero-order valence-corrected chi connectivity index (χ0v) is 15.2. The Kier molecular flexibility index (Phi) is 5.73. The number of hydrogen-bond acceptors (Lipinski definition) is 4. The van der Waals surface area contributed by atoms with Crippen molar-refractivity contribution < 1.29 is 14.0 Å². The van der Waals surface area contributed by atoms with Crippen molar-refractivity contribution in [2.24, 2.45) is 5.10 Å². The summed E-state index contributed by atoms with van der Waals surface area (Å²) in [4.78, 5) is 24.7. The van der Waals surface area contributed by atoms with Crippen LogP contribution in [0.1, 0.15) is 32.5 Å². The van der Waals surface area contributed by atoms with E-state index in [4.69, 9.17) is 0 Å². The Hall–Kier alpha value is -3.32. The first-order chi connectivity index (χ1) is 13.0. The minimum atomic E-state index is -0.492. The highest BCUT2D eigenvalue weighted by molar-refractivity contribution is 7.12. The Morgan fingerprint density at radius 1 is 0.963 bits per heavy atom. The standard InChI is InChI=1S/C20H16FN3O2S/c1-13(23-24-19(25)15-4-2-5-16(21)12-15)14-7-9-17(10-8-14)22-20(26)18-6-3-11-27-18/h2-12H,1H3,(H,22,26)(H,24,25). The summed E-state index contributed by atoms with van der Waals surface area (Å²) in [5.74, 6) is -1.14. The van der Waals surface area contributed by atoms with E-state index in [2.05, 4.69) is 15.8 Å². The summed E-state index contributed by atoms with van der Waals surface area (Å²) < 4.78 is 13.2. The van der Waals surface area contributed by atoms with E-state index in [0.717, 1.165) is 11.6 Å². The zero-order chi connectivity index (χ0) is 19.2. The molecule has 0 aliphatic carbocycles. The van der Waals surface area contributed by atoms with Gasteiger partial charge in [0.05, 0.1) is 10.6 Å². The number of hydrogen-bond donors (Lipinski definition) is 2.